The summed E-state index contributed by atoms with van der Waals surface area (Å²) >= 11 is 0. The number of hydrogen-bond donors (Lipinski definition) is 1. The molecule has 1 N–H and O–H groups in total. The molecule has 170 valence electrons. The monoisotopic (exact) mass is 435 g/mol. The van der Waals surface area contributed by atoms with E-state index in [-0.39, 0.29) is 5.91 Å². The molecule has 6 nitrogen and oxygen atoms in total. The van der Waals surface area contributed by atoms with Crippen LogP contribution in [0.5, 0.6) is 11.5 Å². The Hall–Kier alpha value is -2.99. The summed E-state index contributed by atoms with van der Waals surface area (Å²) in [5, 5.41) is 3.47. The lowest BCUT2D eigenvalue weighted by atomic mass is 10.1. The molecule has 3 aliphatic heterocycles. The summed E-state index contributed by atoms with van der Waals surface area (Å²) in [6.07, 6.45) is 12.0. The molecule has 0 aromatic heterocycles. The van der Waals surface area contributed by atoms with Gasteiger partial charge in [0, 0.05) is 43.6 Å². The molecule has 1 fully saturated rings. The quantitative estimate of drug-likeness (QED) is 0.707. The number of amides is 1. The molecule has 0 aliphatic carbocycles. The third kappa shape index (κ3) is 5.07. The van der Waals surface area contributed by atoms with E-state index < -0.39 is 0 Å². The highest BCUT2D eigenvalue weighted by atomic mass is 16.6. The van der Waals surface area contributed by atoms with Crippen LogP contribution in [0.3, 0.4) is 0 Å². The average Bonchev–Trinajstić information content (AvgIpc) is 2.82. The number of fused-ring (bicyclic) bond motifs is 1. The normalized spacial score (nSPS) is 22.2. The summed E-state index contributed by atoms with van der Waals surface area (Å²) in [6, 6.07) is 6.25. The Bertz CT molecular complexity index is 977. The van der Waals surface area contributed by atoms with Crippen LogP contribution in [0.15, 0.2) is 60.1 Å². The van der Waals surface area contributed by atoms with E-state index in [0.717, 1.165) is 66.5 Å². The third-order valence-corrected chi connectivity index (χ3v) is 5.92. The predicted molar refractivity (Wildman–Crippen MR) is 127 cm³/mol. The van der Waals surface area contributed by atoms with Crippen molar-refractivity contribution in [3.63, 3.8) is 0 Å². The van der Waals surface area contributed by atoms with Gasteiger partial charge in [0.25, 0.3) is 5.91 Å². The predicted octanol–water partition coefficient (Wildman–Crippen LogP) is 4.08. The van der Waals surface area contributed by atoms with Gasteiger partial charge in [0.1, 0.15) is 13.2 Å². The van der Waals surface area contributed by atoms with Crippen LogP contribution in [0.1, 0.15) is 39.2 Å². The summed E-state index contributed by atoms with van der Waals surface area (Å²) in [5.74, 6) is 1.43. The molecule has 0 saturated carbocycles. The van der Waals surface area contributed by atoms with Gasteiger partial charge in [-0.1, -0.05) is 25.5 Å². The van der Waals surface area contributed by atoms with Crippen LogP contribution >= 0.6 is 0 Å². The standard InChI is InChI=1S/C26H33N3O3/c1-4-5-6-22-8-9-23(28-12-11-27-20(3)17-28)18-29(22)26(30)15-19(2)21-7-10-24-25(16-21)32-14-13-31-24/h6-10,15-16,18,20,27H,4-5,11-14,17H2,1-3H3. The van der Waals surface area contributed by atoms with Crippen molar-refractivity contribution in [3.05, 3.63) is 65.7 Å². The van der Waals surface area contributed by atoms with Crippen molar-refractivity contribution < 1.29 is 14.3 Å². The van der Waals surface area contributed by atoms with Crippen LogP contribution in [0.4, 0.5) is 0 Å². The van der Waals surface area contributed by atoms with Crippen molar-refractivity contribution in [1.82, 2.24) is 15.1 Å². The number of carbonyl (C=O) groups excluding carboxylic acids is 1. The van der Waals surface area contributed by atoms with Gasteiger partial charge in [-0.15, -0.1) is 0 Å². The van der Waals surface area contributed by atoms with E-state index in [4.69, 9.17) is 9.47 Å². The Morgan fingerprint density at radius 3 is 2.81 bits per heavy atom. The second-order valence-electron chi connectivity index (χ2n) is 8.50. The zero-order valence-corrected chi connectivity index (χ0v) is 19.3. The molecule has 1 atom stereocenters. The molecule has 3 aliphatic rings. The number of unbranched alkanes of at least 4 members (excludes halogenated alkanes) is 1. The summed E-state index contributed by atoms with van der Waals surface area (Å²) in [5.41, 5.74) is 3.84. The Morgan fingerprint density at radius 2 is 2.03 bits per heavy atom. The molecule has 1 aromatic carbocycles. The minimum atomic E-state index is -0.0511. The SMILES string of the molecule is CCCC=C1C=CC(N2CCNC(C)C2)=CN1C(=O)C=C(C)c1ccc2c(c1)OCCO2. The summed E-state index contributed by atoms with van der Waals surface area (Å²) < 4.78 is 11.3. The van der Waals surface area contributed by atoms with Crippen LogP contribution in [0.25, 0.3) is 5.57 Å². The Balaban J connectivity index is 1.58. The Morgan fingerprint density at radius 1 is 1.22 bits per heavy atom. The van der Waals surface area contributed by atoms with Crippen LogP contribution in [0.2, 0.25) is 0 Å². The molecule has 0 radical (unpaired) electrons. The fourth-order valence-corrected chi connectivity index (χ4v) is 4.13. The van der Waals surface area contributed by atoms with E-state index in [1.54, 1.807) is 11.0 Å². The zero-order valence-electron chi connectivity index (χ0n) is 19.3. The van der Waals surface area contributed by atoms with Crippen molar-refractivity contribution in [1.29, 1.82) is 0 Å². The number of rotatable bonds is 5. The molecule has 0 spiro atoms. The molecular formula is C26H33N3O3. The highest BCUT2D eigenvalue weighted by molar-refractivity contribution is 5.97. The topological polar surface area (TPSA) is 54.0 Å². The molecule has 1 unspecified atom stereocenters. The molecule has 1 aromatic rings. The van der Waals surface area contributed by atoms with Gasteiger partial charge in [0.05, 0.1) is 5.70 Å². The maximum Gasteiger partial charge on any atom is 0.255 e. The summed E-state index contributed by atoms with van der Waals surface area (Å²) in [6.45, 7) is 10.2. The second-order valence-corrected chi connectivity index (χ2v) is 8.50. The highest BCUT2D eigenvalue weighted by Crippen LogP contribution is 2.33. The number of allylic oxidation sites excluding steroid dienone is 4. The van der Waals surface area contributed by atoms with Gasteiger partial charge in [-0.05, 0) is 55.7 Å². The second kappa shape index (κ2) is 10.1. The van der Waals surface area contributed by atoms with Crippen LogP contribution in [-0.2, 0) is 4.79 Å². The van der Waals surface area contributed by atoms with E-state index in [1.165, 1.54) is 0 Å². The van der Waals surface area contributed by atoms with Crippen molar-refractivity contribution >= 4 is 11.5 Å². The van der Waals surface area contributed by atoms with Crippen LogP contribution in [0, 0.1) is 0 Å². The van der Waals surface area contributed by atoms with Gasteiger partial charge in [-0.25, -0.2) is 0 Å². The van der Waals surface area contributed by atoms with E-state index >= 15 is 0 Å². The molecule has 1 amide bonds. The lowest BCUT2D eigenvalue weighted by Crippen LogP contribution is -2.48. The van der Waals surface area contributed by atoms with E-state index in [1.807, 2.05) is 31.3 Å². The molecule has 1 saturated heterocycles. The smallest absolute Gasteiger partial charge is 0.255 e. The minimum Gasteiger partial charge on any atom is -0.486 e. The fourth-order valence-electron chi connectivity index (χ4n) is 4.13. The van der Waals surface area contributed by atoms with Gasteiger partial charge in [-0.2, -0.15) is 0 Å². The van der Waals surface area contributed by atoms with E-state index in [9.17, 15) is 4.79 Å². The summed E-state index contributed by atoms with van der Waals surface area (Å²) in [4.78, 5) is 17.5. The summed E-state index contributed by atoms with van der Waals surface area (Å²) in [7, 11) is 0. The van der Waals surface area contributed by atoms with Crippen molar-refractivity contribution in [2.24, 2.45) is 0 Å². The van der Waals surface area contributed by atoms with Gasteiger partial charge in [-0.3, -0.25) is 9.69 Å². The van der Waals surface area contributed by atoms with Gasteiger partial charge in [0.15, 0.2) is 11.5 Å². The molecule has 3 heterocycles. The molecular weight excluding hydrogens is 402 g/mol. The first-order valence-electron chi connectivity index (χ1n) is 11.5. The van der Waals surface area contributed by atoms with Crippen LogP contribution < -0.4 is 14.8 Å². The average molecular weight is 436 g/mol. The number of carbonyl (C=O) groups is 1. The lowest BCUT2D eigenvalue weighted by Gasteiger charge is -2.36. The first-order chi connectivity index (χ1) is 15.5. The Labute approximate surface area is 190 Å². The molecule has 32 heavy (non-hydrogen) atoms. The van der Waals surface area contributed by atoms with E-state index in [0.29, 0.717) is 19.3 Å². The van der Waals surface area contributed by atoms with E-state index in [2.05, 4.69) is 42.3 Å². The number of nitrogens with one attached hydrogen (secondary N) is 1. The highest BCUT2D eigenvalue weighted by Gasteiger charge is 2.23. The first-order valence-corrected chi connectivity index (χ1v) is 11.5. The van der Waals surface area contributed by atoms with Crippen LogP contribution in [-0.4, -0.2) is 54.6 Å². The number of ether oxygens (including phenoxy) is 2. The number of hydrogen-bond acceptors (Lipinski definition) is 5. The minimum absolute atomic E-state index is 0.0511. The van der Waals surface area contributed by atoms with Crippen molar-refractivity contribution in [2.45, 2.75) is 39.7 Å². The fraction of sp³-hybridized carbons (Fsp3) is 0.423. The Kier molecular flexibility index (Phi) is 7.00. The number of piperazine rings is 1. The molecule has 0 bridgehead atoms. The van der Waals surface area contributed by atoms with Crippen molar-refractivity contribution in [2.75, 3.05) is 32.8 Å². The zero-order chi connectivity index (χ0) is 22.5. The largest absolute Gasteiger partial charge is 0.486 e. The van der Waals surface area contributed by atoms with Gasteiger partial charge < -0.3 is 19.7 Å². The third-order valence-electron chi connectivity index (χ3n) is 5.92. The van der Waals surface area contributed by atoms with Crippen molar-refractivity contribution in [3.8, 4) is 11.5 Å². The maximum absolute atomic E-state index is 13.4. The molecule has 6 heteroatoms. The number of nitrogens with zero attached hydrogens (tertiary/aromatic N) is 2. The molecule has 4 rings (SSSR count). The number of benzene rings is 1. The van der Waals surface area contributed by atoms with Gasteiger partial charge >= 0.3 is 0 Å². The first kappa shape index (κ1) is 22.2. The maximum atomic E-state index is 13.4. The van der Waals surface area contributed by atoms with Gasteiger partial charge in [0.2, 0.25) is 0 Å². The lowest BCUT2D eigenvalue weighted by molar-refractivity contribution is -0.122.